The maximum Gasteiger partial charge on any atom is 0.254 e. The molecular formula is C25H35N7O. The van der Waals surface area contributed by atoms with Crippen molar-refractivity contribution in [3.63, 3.8) is 0 Å². The number of carbonyl (C=O) groups excluding carboxylic acids is 1. The number of piperidine rings is 1. The minimum Gasteiger partial charge on any atom is -0.339 e. The fourth-order valence-electron chi connectivity index (χ4n) is 4.76. The first-order valence-corrected chi connectivity index (χ1v) is 12.3. The summed E-state index contributed by atoms with van der Waals surface area (Å²) in [5, 5.41) is 13.2. The Balaban J connectivity index is 1.42. The molecule has 1 aliphatic carbocycles. The number of likely N-dealkylation sites (tertiary alicyclic amines) is 1. The molecule has 4 heterocycles. The van der Waals surface area contributed by atoms with E-state index in [1.54, 1.807) is 0 Å². The summed E-state index contributed by atoms with van der Waals surface area (Å²) in [5.41, 5.74) is 3.10. The minimum absolute atomic E-state index is 0.0792. The van der Waals surface area contributed by atoms with Gasteiger partial charge in [-0.15, -0.1) is 0 Å². The summed E-state index contributed by atoms with van der Waals surface area (Å²) in [4.78, 5) is 25.4. The van der Waals surface area contributed by atoms with E-state index in [-0.39, 0.29) is 17.4 Å². The highest BCUT2D eigenvalue weighted by atomic mass is 16.2. The van der Waals surface area contributed by atoms with E-state index in [2.05, 4.69) is 44.8 Å². The van der Waals surface area contributed by atoms with Crippen LogP contribution in [0.15, 0.2) is 6.07 Å². The summed E-state index contributed by atoms with van der Waals surface area (Å²) in [6, 6.07) is 1.99. The van der Waals surface area contributed by atoms with Crippen LogP contribution in [0.25, 0.3) is 11.0 Å². The third-order valence-electron chi connectivity index (χ3n) is 6.92. The van der Waals surface area contributed by atoms with E-state index in [1.165, 1.54) is 12.8 Å². The third-order valence-corrected chi connectivity index (χ3v) is 6.92. The zero-order valence-electron chi connectivity index (χ0n) is 20.6. The number of carbonyl (C=O) groups is 1. The lowest BCUT2D eigenvalue weighted by atomic mass is 9.95. The second-order valence-electron chi connectivity index (χ2n) is 11.0. The monoisotopic (exact) mass is 449 g/mol. The first kappa shape index (κ1) is 22.0. The van der Waals surface area contributed by atoms with Gasteiger partial charge in [-0.1, -0.05) is 13.8 Å². The molecule has 1 saturated carbocycles. The first-order chi connectivity index (χ1) is 15.6. The van der Waals surface area contributed by atoms with E-state index >= 15 is 0 Å². The van der Waals surface area contributed by atoms with Crippen molar-refractivity contribution < 1.29 is 4.79 Å². The number of hydrogen-bond donors (Lipinski definition) is 1. The maximum absolute atomic E-state index is 13.8. The van der Waals surface area contributed by atoms with E-state index < -0.39 is 0 Å². The number of rotatable bonds is 4. The van der Waals surface area contributed by atoms with Crippen molar-refractivity contribution in [2.45, 2.75) is 90.5 Å². The van der Waals surface area contributed by atoms with Crippen molar-refractivity contribution >= 4 is 16.9 Å². The molecule has 1 aliphatic heterocycles. The molecule has 5 rings (SSSR count). The summed E-state index contributed by atoms with van der Waals surface area (Å²) in [7, 11) is 0. The van der Waals surface area contributed by atoms with Gasteiger partial charge in [0.1, 0.15) is 5.82 Å². The van der Waals surface area contributed by atoms with E-state index in [9.17, 15) is 4.79 Å². The van der Waals surface area contributed by atoms with Crippen molar-refractivity contribution in [1.82, 2.24) is 34.8 Å². The number of nitrogens with zero attached hydrogens (tertiary/aromatic N) is 6. The molecule has 33 heavy (non-hydrogen) atoms. The van der Waals surface area contributed by atoms with Gasteiger partial charge in [-0.2, -0.15) is 10.2 Å². The number of pyridine rings is 1. The highest BCUT2D eigenvalue weighted by Crippen LogP contribution is 2.39. The summed E-state index contributed by atoms with van der Waals surface area (Å²) in [6.07, 6.45) is 4.20. The molecule has 1 saturated heterocycles. The molecule has 1 amide bonds. The molecule has 8 heteroatoms. The summed E-state index contributed by atoms with van der Waals surface area (Å²) in [5.74, 6) is 3.15. The number of hydrogen-bond acceptors (Lipinski definition) is 5. The molecule has 176 valence electrons. The van der Waals surface area contributed by atoms with Crippen molar-refractivity contribution in [3.05, 3.63) is 34.7 Å². The van der Waals surface area contributed by atoms with Gasteiger partial charge in [-0.05, 0) is 65.4 Å². The quantitative estimate of drug-likeness (QED) is 0.627. The highest BCUT2D eigenvalue weighted by molar-refractivity contribution is 6.06. The molecule has 0 radical (unpaired) electrons. The van der Waals surface area contributed by atoms with Crippen LogP contribution < -0.4 is 0 Å². The molecule has 1 N–H and O–H groups in total. The number of amides is 1. The molecule has 2 aliphatic rings. The van der Waals surface area contributed by atoms with E-state index in [0.717, 1.165) is 65.6 Å². The Bertz CT molecular complexity index is 1190. The Kier molecular flexibility index (Phi) is 5.29. The standard InChI is InChI=1S/C25H35N7O/c1-14(2)19-13-18(20-15(3)30-32(23(20)26-19)25(4,5)6)24(33)31-11-9-17(10-12-31)22-27-21(28-29-22)16-7-8-16/h13-14,16-17H,7-12H2,1-6H3,(H,27,28,29). The smallest absolute Gasteiger partial charge is 0.254 e. The van der Waals surface area contributed by atoms with Gasteiger partial charge >= 0.3 is 0 Å². The molecule has 0 atom stereocenters. The van der Waals surface area contributed by atoms with Crippen molar-refractivity contribution in [2.75, 3.05) is 13.1 Å². The molecule has 8 nitrogen and oxygen atoms in total. The van der Waals surface area contributed by atoms with Crippen molar-refractivity contribution in [2.24, 2.45) is 0 Å². The first-order valence-electron chi connectivity index (χ1n) is 12.3. The largest absolute Gasteiger partial charge is 0.339 e. The van der Waals surface area contributed by atoms with Crippen molar-refractivity contribution in [1.29, 1.82) is 0 Å². The lowest BCUT2D eigenvalue weighted by Crippen LogP contribution is -2.38. The van der Waals surface area contributed by atoms with E-state index in [0.29, 0.717) is 11.8 Å². The molecular weight excluding hydrogens is 414 g/mol. The van der Waals surface area contributed by atoms with Gasteiger partial charge in [0, 0.05) is 30.6 Å². The van der Waals surface area contributed by atoms with Crippen LogP contribution in [0.5, 0.6) is 0 Å². The topological polar surface area (TPSA) is 92.6 Å². The number of H-pyrrole nitrogens is 1. The average molecular weight is 450 g/mol. The number of aryl methyl sites for hydroxylation is 1. The molecule has 3 aromatic rings. The van der Waals surface area contributed by atoms with Gasteiger partial charge < -0.3 is 4.90 Å². The predicted molar refractivity (Wildman–Crippen MR) is 128 cm³/mol. The van der Waals surface area contributed by atoms with Crippen molar-refractivity contribution in [3.8, 4) is 0 Å². The third kappa shape index (κ3) is 4.04. The lowest BCUT2D eigenvalue weighted by Gasteiger charge is -2.31. The van der Waals surface area contributed by atoms with Crippen LogP contribution in [0.3, 0.4) is 0 Å². The average Bonchev–Trinajstić information content (AvgIpc) is 3.40. The van der Waals surface area contributed by atoms with Gasteiger partial charge in [0.15, 0.2) is 11.5 Å². The zero-order valence-corrected chi connectivity index (χ0v) is 20.6. The SMILES string of the molecule is Cc1nn(C(C)(C)C)c2nc(C(C)C)cc(C(=O)N3CCC(c4nc(C5CC5)n[nH]4)CC3)c12. The maximum atomic E-state index is 13.8. The molecule has 0 aromatic carbocycles. The second kappa shape index (κ2) is 7.92. The van der Waals surface area contributed by atoms with Crippen LogP contribution in [-0.2, 0) is 5.54 Å². The van der Waals surface area contributed by atoms with E-state index in [1.807, 2.05) is 22.6 Å². The second-order valence-corrected chi connectivity index (χ2v) is 11.0. The Hall–Kier alpha value is -2.77. The highest BCUT2D eigenvalue weighted by Gasteiger charge is 2.32. The van der Waals surface area contributed by atoms with Crippen LogP contribution in [0, 0.1) is 6.92 Å². The van der Waals surface area contributed by atoms with Gasteiger partial charge in [-0.3, -0.25) is 9.89 Å². The van der Waals surface area contributed by atoms with Crippen LogP contribution in [0.2, 0.25) is 0 Å². The summed E-state index contributed by atoms with van der Waals surface area (Å²) >= 11 is 0. The predicted octanol–water partition coefficient (Wildman–Crippen LogP) is 4.63. The van der Waals surface area contributed by atoms with Gasteiger partial charge in [0.05, 0.1) is 22.2 Å². The zero-order chi connectivity index (χ0) is 23.5. The molecule has 0 bridgehead atoms. The number of aromatic amines is 1. The van der Waals surface area contributed by atoms with E-state index in [4.69, 9.17) is 15.1 Å². The minimum atomic E-state index is -0.218. The van der Waals surface area contributed by atoms with Gasteiger partial charge in [0.25, 0.3) is 5.91 Å². The molecule has 0 spiro atoms. The fourth-order valence-corrected chi connectivity index (χ4v) is 4.76. The Labute approximate surface area is 195 Å². The Morgan fingerprint density at radius 3 is 2.39 bits per heavy atom. The van der Waals surface area contributed by atoms with Crippen LogP contribution in [0.1, 0.15) is 111 Å². The number of aromatic nitrogens is 6. The molecule has 0 unspecified atom stereocenters. The Morgan fingerprint density at radius 1 is 1.09 bits per heavy atom. The van der Waals surface area contributed by atoms with Gasteiger partial charge in [0.2, 0.25) is 0 Å². The molecule has 2 fully saturated rings. The fraction of sp³-hybridized carbons (Fsp3) is 0.640. The summed E-state index contributed by atoms with van der Waals surface area (Å²) in [6.45, 7) is 14.0. The van der Waals surface area contributed by atoms with Crippen LogP contribution >= 0.6 is 0 Å². The van der Waals surface area contributed by atoms with Crippen LogP contribution in [-0.4, -0.2) is 53.8 Å². The van der Waals surface area contributed by atoms with Gasteiger partial charge in [-0.25, -0.2) is 14.6 Å². The van der Waals surface area contributed by atoms with Crippen LogP contribution in [0.4, 0.5) is 0 Å². The summed E-state index contributed by atoms with van der Waals surface area (Å²) < 4.78 is 1.97. The lowest BCUT2D eigenvalue weighted by molar-refractivity contribution is 0.0713. The molecule has 3 aromatic heterocycles. The normalized spacial score (nSPS) is 18.0. The number of nitrogens with one attached hydrogen (secondary N) is 1. The number of fused-ring (bicyclic) bond motifs is 1. The Morgan fingerprint density at radius 2 is 1.79 bits per heavy atom.